The fourth-order valence-electron chi connectivity index (χ4n) is 4.08. The molecular formula is C21H37NO6. The molecule has 1 amide bonds. The van der Waals surface area contributed by atoms with E-state index in [0.29, 0.717) is 19.6 Å². The van der Waals surface area contributed by atoms with Gasteiger partial charge in [0.1, 0.15) is 12.2 Å². The number of alkyl carbamates (subject to hydrolysis) is 1. The molecule has 2 fully saturated rings. The minimum absolute atomic E-state index is 0.0760. The Bertz CT molecular complexity index is 577. The Kier molecular flexibility index (Phi) is 7.18. The van der Waals surface area contributed by atoms with Crippen molar-refractivity contribution in [1.29, 1.82) is 0 Å². The van der Waals surface area contributed by atoms with Crippen LogP contribution in [0.15, 0.2) is 11.6 Å². The summed E-state index contributed by atoms with van der Waals surface area (Å²) in [5.74, 6) is -0.0760. The molecule has 28 heavy (non-hydrogen) atoms. The van der Waals surface area contributed by atoms with Gasteiger partial charge < -0.3 is 29.4 Å². The minimum atomic E-state index is -0.749. The maximum atomic E-state index is 12.4. The van der Waals surface area contributed by atoms with Crippen molar-refractivity contribution < 1.29 is 28.8 Å². The monoisotopic (exact) mass is 399 g/mol. The lowest BCUT2D eigenvalue weighted by Crippen LogP contribution is -2.59. The summed E-state index contributed by atoms with van der Waals surface area (Å²) in [5, 5.41) is 12.1. The van der Waals surface area contributed by atoms with Crippen molar-refractivity contribution in [1.82, 2.24) is 5.32 Å². The van der Waals surface area contributed by atoms with Gasteiger partial charge in [0.25, 0.3) is 0 Å². The number of rotatable bonds is 8. The summed E-state index contributed by atoms with van der Waals surface area (Å²) in [5.41, 5.74) is -0.354. The van der Waals surface area contributed by atoms with Crippen molar-refractivity contribution >= 4 is 6.09 Å². The van der Waals surface area contributed by atoms with Gasteiger partial charge in [0.05, 0.1) is 36.6 Å². The molecule has 1 saturated carbocycles. The van der Waals surface area contributed by atoms with Crippen molar-refractivity contribution in [3.63, 3.8) is 0 Å². The Morgan fingerprint density at radius 3 is 2.46 bits per heavy atom. The molecule has 0 aromatic carbocycles. The Hall–Kier alpha value is -1.15. The highest BCUT2D eigenvalue weighted by Crippen LogP contribution is 2.52. The second kappa shape index (κ2) is 8.69. The Morgan fingerprint density at radius 2 is 1.96 bits per heavy atom. The maximum absolute atomic E-state index is 12.4. The van der Waals surface area contributed by atoms with Crippen LogP contribution in [0.5, 0.6) is 0 Å². The van der Waals surface area contributed by atoms with Gasteiger partial charge in [0.2, 0.25) is 0 Å². The third-order valence-electron chi connectivity index (χ3n) is 5.69. The summed E-state index contributed by atoms with van der Waals surface area (Å²) >= 11 is 0. The quantitative estimate of drug-likeness (QED) is 0.482. The van der Waals surface area contributed by atoms with Gasteiger partial charge in [-0.15, -0.1) is 0 Å². The molecule has 1 spiro atoms. The number of aliphatic hydroxyl groups excluding tert-OH is 1. The lowest BCUT2D eigenvalue weighted by atomic mass is 9.68. The summed E-state index contributed by atoms with van der Waals surface area (Å²) in [6, 6.07) is 0. The molecule has 1 aliphatic carbocycles. The number of carbonyl (C=O) groups excluding carboxylic acids is 1. The van der Waals surface area contributed by atoms with Gasteiger partial charge in [-0.2, -0.15) is 0 Å². The number of methoxy groups -OCH3 is 1. The van der Waals surface area contributed by atoms with Crippen LogP contribution >= 0.6 is 0 Å². The topological polar surface area (TPSA) is 89.6 Å². The zero-order chi connectivity index (χ0) is 21.2. The first-order valence-electron chi connectivity index (χ1n) is 10.00. The number of nitrogens with one attached hydrogen (secondary N) is 1. The standard InChI is InChI=1S/C21H37NO6/c1-14(2)9-11-26-20(5,6)17-16(25-7)15(8-10-21(17)13-27-21)28-18(24)22-19(3,4)12-23/h9,15-17,23H,8,10-13H2,1-7H3,(H,22,24)/t15?,16?,17?,21-/m0/s1. The summed E-state index contributed by atoms with van der Waals surface area (Å²) in [7, 11) is 1.64. The van der Waals surface area contributed by atoms with E-state index < -0.39 is 23.3 Å². The Morgan fingerprint density at radius 1 is 1.32 bits per heavy atom. The number of aliphatic hydroxyl groups is 1. The highest BCUT2D eigenvalue weighted by molar-refractivity contribution is 5.68. The van der Waals surface area contributed by atoms with Gasteiger partial charge in [0.15, 0.2) is 0 Å². The predicted octanol–water partition coefficient (Wildman–Crippen LogP) is 2.81. The molecule has 1 saturated heterocycles. The van der Waals surface area contributed by atoms with Gasteiger partial charge in [-0.05, 0) is 54.4 Å². The van der Waals surface area contributed by atoms with Crippen molar-refractivity contribution in [2.75, 3.05) is 26.9 Å². The third-order valence-corrected chi connectivity index (χ3v) is 5.69. The number of hydrogen-bond donors (Lipinski definition) is 2. The largest absolute Gasteiger partial charge is 0.443 e. The van der Waals surface area contributed by atoms with Crippen LogP contribution in [0.1, 0.15) is 54.4 Å². The highest BCUT2D eigenvalue weighted by Gasteiger charge is 2.64. The molecule has 0 aromatic heterocycles. The average Bonchev–Trinajstić information content (AvgIpc) is 3.34. The molecule has 1 heterocycles. The predicted molar refractivity (Wildman–Crippen MR) is 106 cm³/mol. The lowest BCUT2D eigenvalue weighted by Gasteiger charge is -2.47. The van der Waals surface area contributed by atoms with Gasteiger partial charge in [-0.25, -0.2) is 4.79 Å². The van der Waals surface area contributed by atoms with Gasteiger partial charge >= 0.3 is 6.09 Å². The number of allylic oxidation sites excluding steroid dienone is 1. The van der Waals surface area contributed by atoms with Gasteiger partial charge in [0, 0.05) is 13.0 Å². The third kappa shape index (κ3) is 5.47. The minimum Gasteiger partial charge on any atom is -0.443 e. The van der Waals surface area contributed by atoms with Crippen LogP contribution in [-0.4, -0.2) is 67.1 Å². The van der Waals surface area contributed by atoms with E-state index in [2.05, 4.69) is 5.32 Å². The first-order valence-corrected chi connectivity index (χ1v) is 10.00. The summed E-state index contributed by atoms with van der Waals surface area (Å²) in [6.07, 6.45) is 2.18. The van der Waals surface area contributed by atoms with Gasteiger partial charge in [-0.3, -0.25) is 0 Å². The van der Waals surface area contributed by atoms with Crippen molar-refractivity contribution in [3.05, 3.63) is 11.6 Å². The van der Waals surface area contributed by atoms with Crippen LogP contribution in [0.3, 0.4) is 0 Å². The summed E-state index contributed by atoms with van der Waals surface area (Å²) < 4.78 is 23.6. The Labute approximate surface area is 168 Å². The smallest absolute Gasteiger partial charge is 0.407 e. The number of ether oxygens (including phenoxy) is 4. The molecule has 7 nitrogen and oxygen atoms in total. The zero-order valence-electron chi connectivity index (χ0n) is 18.3. The van der Waals surface area contributed by atoms with Crippen LogP contribution in [0.25, 0.3) is 0 Å². The first-order chi connectivity index (χ1) is 13.0. The molecule has 0 radical (unpaired) electrons. The van der Waals surface area contributed by atoms with Crippen molar-refractivity contribution in [2.45, 2.75) is 83.3 Å². The average molecular weight is 400 g/mol. The lowest BCUT2D eigenvalue weighted by molar-refractivity contribution is -0.172. The molecule has 0 bridgehead atoms. The molecule has 2 rings (SSSR count). The molecule has 162 valence electrons. The van der Waals surface area contributed by atoms with Crippen molar-refractivity contribution in [3.8, 4) is 0 Å². The second-order valence-electron chi connectivity index (χ2n) is 9.38. The second-order valence-corrected chi connectivity index (χ2v) is 9.38. The van der Waals surface area contributed by atoms with Crippen LogP contribution in [0.4, 0.5) is 4.79 Å². The molecule has 3 unspecified atom stereocenters. The molecular weight excluding hydrogens is 362 g/mol. The molecule has 1 aliphatic heterocycles. The number of hydrogen-bond acceptors (Lipinski definition) is 6. The molecule has 2 aliphatic rings. The van der Waals surface area contributed by atoms with E-state index in [1.807, 2.05) is 33.8 Å². The Balaban J connectivity index is 2.14. The SMILES string of the molecule is COC1C(OC(=O)NC(C)(C)CO)CC[C@]2(CO2)C1C(C)(C)OCC=C(C)C. The van der Waals surface area contributed by atoms with E-state index in [0.717, 1.165) is 6.42 Å². The number of carbonyl (C=O) groups is 1. The van der Waals surface area contributed by atoms with E-state index >= 15 is 0 Å². The molecule has 0 aromatic rings. The molecule has 2 N–H and O–H groups in total. The highest BCUT2D eigenvalue weighted by atomic mass is 16.6. The number of epoxide rings is 1. The summed E-state index contributed by atoms with van der Waals surface area (Å²) in [4.78, 5) is 12.4. The van der Waals surface area contributed by atoms with E-state index in [1.54, 1.807) is 21.0 Å². The number of amides is 1. The first kappa shape index (κ1) is 23.1. The maximum Gasteiger partial charge on any atom is 0.407 e. The van der Waals surface area contributed by atoms with Crippen LogP contribution in [0, 0.1) is 5.92 Å². The fraction of sp³-hybridized carbons (Fsp3) is 0.857. The fourth-order valence-corrected chi connectivity index (χ4v) is 4.08. The van der Waals surface area contributed by atoms with Crippen LogP contribution in [-0.2, 0) is 18.9 Å². The zero-order valence-corrected chi connectivity index (χ0v) is 18.3. The van der Waals surface area contributed by atoms with E-state index in [1.165, 1.54) is 5.57 Å². The van der Waals surface area contributed by atoms with Crippen molar-refractivity contribution in [2.24, 2.45) is 5.92 Å². The van der Waals surface area contributed by atoms with E-state index in [-0.39, 0.29) is 24.2 Å². The normalized spacial score (nSPS) is 30.1. The summed E-state index contributed by atoms with van der Waals surface area (Å²) in [6.45, 7) is 12.6. The van der Waals surface area contributed by atoms with E-state index in [9.17, 15) is 9.90 Å². The van der Waals surface area contributed by atoms with E-state index in [4.69, 9.17) is 18.9 Å². The van der Waals surface area contributed by atoms with Crippen LogP contribution < -0.4 is 5.32 Å². The van der Waals surface area contributed by atoms with Gasteiger partial charge in [-0.1, -0.05) is 11.6 Å². The molecule has 4 atom stereocenters. The van der Waals surface area contributed by atoms with Crippen LogP contribution in [0.2, 0.25) is 0 Å². The molecule has 7 heteroatoms.